The van der Waals surface area contributed by atoms with Crippen LogP contribution >= 0.6 is 0 Å². The van der Waals surface area contributed by atoms with Crippen molar-refractivity contribution >= 4 is 11.7 Å². The number of ether oxygens (including phenoxy) is 1. The van der Waals surface area contributed by atoms with E-state index in [1.165, 1.54) is 6.26 Å². The molecule has 2 aromatic rings. The van der Waals surface area contributed by atoms with Crippen LogP contribution in [-0.4, -0.2) is 33.9 Å². The van der Waals surface area contributed by atoms with E-state index < -0.39 is 0 Å². The SMILES string of the molecule is CC(C)(C)n1nccc1NC(=O)c1coc(C2CCOCC2)n1. The molecule has 1 aliphatic rings. The zero-order valence-electron chi connectivity index (χ0n) is 13.7. The van der Waals surface area contributed by atoms with Crippen molar-refractivity contribution in [3.05, 3.63) is 30.1 Å². The van der Waals surface area contributed by atoms with Crippen LogP contribution in [0, 0.1) is 0 Å². The Balaban J connectivity index is 1.72. The van der Waals surface area contributed by atoms with Gasteiger partial charge in [0.2, 0.25) is 0 Å². The predicted molar refractivity (Wildman–Crippen MR) is 84.5 cm³/mol. The highest BCUT2D eigenvalue weighted by Gasteiger charge is 2.24. The van der Waals surface area contributed by atoms with E-state index in [-0.39, 0.29) is 23.1 Å². The molecule has 1 aliphatic heterocycles. The van der Waals surface area contributed by atoms with E-state index in [0.29, 0.717) is 24.9 Å². The van der Waals surface area contributed by atoms with E-state index in [1.54, 1.807) is 16.9 Å². The first kappa shape index (κ1) is 15.7. The second-order valence-electron chi connectivity index (χ2n) is 6.71. The highest BCUT2D eigenvalue weighted by molar-refractivity contribution is 6.02. The van der Waals surface area contributed by atoms with Gasteiger partial charge >= 0.3 is 0 Å². The maximum Gasteiger partial charge on any atom is 0.278 e. The van der Waals surface area contributed by atoms with Crippen LogP contribution in [0.15, 0.2) is 22.9 Å². The number of rotatable bonds is 3. The number of hydrogen-bond acceptors (Lipinski definition) is 5. The molecule has 1 N–H and O–H groups in total. The van der Waals surface area contributed by atoms with E-state index >= 15 is 0 Å². The van der Waals surface area contributed by atoms with E-state index in [0.717, 1.165) is 12.8 Å². The number of nitrogens with one attached hydrogen (secondary N) is 1. The molecule has 23 heavy (non-hydrogen) atoms. The van der Waals surface area contributed by atoms with E-state index in [9.17, 15) is 4.79 Å². The van der Waals surface area contributed by atoms with Crippen molar-refractivity contribution in [2.24, 2.45) is 0 Å². The normalized spacial score (nSPS) is 16.5. The lowest BCUT2D eigenvalue weighted by atomic mass is 10.0. The lowest BCUT2D eigenvalue weighted by molar-refractivity contribution is 0.0794. The van der Waals surface area contributed by atoms with Crippen molar-refractivity contribution in [2.45, 2.75) is 45.1 Å². The van der Waals surface area contributed by atoms with Gasteiger partial charge in [0.25, 0.3) is 5.91 Å². The van der Waals surface area contributed by atoms with Gasteiger partial charge in [0, 0.05) is 25.2 Å². The lowest BCUT2D eigenvalue weighted by Gasteiger charge is -2.22. The molecule has 0 atom stereocenters. The van der Waals surface area contributed by atoms with Crippen molar-refractivity contribution in [1.82, 2.24) is 14.8 Å². The topological polar surface area (TPSA) is 82.2 Å². The van der Waals surface area contributed by atoms with Crippen LogP contribution in [0.5, 0.6) is 0 Å². The van der Waals surface area contributed by atoms with Crippen LogP contribution in [0.1, 0.15) is 55.9 Å². The standard InChI is InChI=1S/C16H22N4O3/c1-16(2,3)20-13(4-7-17-20)19-14(21)12-10-23-15(18-12)11-5-8-22-9-6-11/h4,7,10-11H,5-6,8-9H2,1-3H3,(H,19,21). The minimum atomic E-state index is -0.293. The Kier molecular flexibility index (Phi) is 4.21. The molecule has 1 saturated heterocycles. The summed E-state index contributed by atoms with van der Waals surface area (Å²) in [6.45, 7) is 7.48. The Bertz CT molecular complexity index is 678. The summed E-state index contributed by atoms with van der Waals surface area (Å²) in [7, 11) is 0. The Labute approximate surface area is 135 Å². The molecule has 0 radical (unpaired) electrons. The monoisotopic (exact) mass is 318 g/mol. The summed E-state index contributed by atoms with van der Waals surface area (Å²) in [6.07, 6.45) is 4.83. The molecule has 0 bridgehead atoms. The molecule has 0 unspecified atom stereocenters. The summed E-state index contributed by atoms with van der Waals surface area (Å²) in [5.74, 6) is 1.18. The number of amides is 1. The van der Waals surface area contributed by atoms with E-state index in [2.05, 4.69) is 15.4 Å². The highest BCUT2D eigenvalue weighted by Crippen LogP contribution is 2.26. The largest absolute Gasteiger partial charge is 0.448 e. The molecule has 3 rings (SSSR count). The van der Waals surface area contributed by atoms with Crippen LogP contribution in [-0.2, 0) is 10.3 Å². The molecular formula is C16H22N4O3. The molecule has 2 aromatic heterocycles. The third-order valence-electron chi connectivity index (χ3n) is 3.84. The minimum absolute atomic E-state index is 0.219. The second kappa shape index (κ2) is 6.16. The molecule has 7 heteroatoms. The zero-order valence-corrected chi connectivity index (χ0v) is 13.7. The Morgan fingerprint density at radius 1 is 1.35 bits per heavy atom. The molecule has 0 saturated carbocycles. The summed E-state index contributed by atoms with van der Waals surface area (Å²) < 4.78 is 12.6. The summed E-state index contributed by atoms with van der Waals surface area (Å²) >= 11 is 0. The average Bonchev–Trinajstić information content (AvgIpc) is 3.16. The van der Waals surface area contributed by atoms with Gasteiger partial charge in [-0.05, 0) is 33.6 Å². The van der Waals surface area contributed by atoms with Crippen molar-refractivity contribution in [3.8, 4) is 0 Å². The number of carbonyl (C=O) groups excluding carboxylic acids is 1. The Morgan fingerprint density at radius 3 is 2.78 bits per heavy atom. The van der Waals surface area contributed by atoms with Crippen LogP contribution < -0.4 is 5.32 Å². The van der Waals surface area contributed by atoms with Gasteiger partial charge in [-0.2, -0.15) is 5.10 Å². The number of anilines is 1. The molecule has 3 heterocycles. The molecule has 1 fully saturated rings. The molecule has 124 valence electrons. The number of nitrogens with zero attached hydrogens (tertiary/aromatic N) is 3. The van der Waals surface area contributed by atoms with Gasteiger partial charge in [0.15, 0.2) is 11.6 Å². The molecule has 1 amide bonds. The fourth-order valence-electron chi connectivity index (χ4n) is 2.64. The van der Waals surface area contributed by atoms with Crippen molar-refractivity contribution in [3.63, 3.8) is 0 Å². The zero-order chi connectivity index (χ0) is 16.4. The first-order chi connectivity index (χ1) is 10.9. The van der Waals surface area contributed by atoms with E-state index in [1.807, 2.05) is 20.8 Å². The molecular weight excluding hydrogens is 296 g/mol. The second-order valence-corrected chi connectivity index (χ2v) is 6.71. The fourth-order valence-corrected chi connectivity index (χ4v) is 2.64. The van der Waals surface area contributed by atoms with Gasteiger partial charge in [-0.1, -0.05) is 0 Å². The Morgan fingerprint density at radius 2 is 2.09 bits per heavy atom. The van der Waals surface area contributed by atoms with Crippen LogP contribution in [0.3, 0.4) is 0 Å². The molecule has 0 aliphatic carbocycles. The maximum absolute atomic E-state index is 12.4. The first-order valence-electron chi connectivity index (χ1n) is 7.84. The third-order valence-corrected chi connectivity index (χ3v) is 3.84. The summed E-state index contributed by atoms with van der Waals surface area (Å²) in [5.41, 5.74) is 0.0663. The van der Waals surface area contributed by atoms with Gasteiger partial charge in [-0.25, -0.2) is 9.67 Å². The molecule has 7 nitrogen and oxygen atoms in total. The third kappa shape index (κ3) is 3.44. The van der Waals surface area contributed by atoms with Crippen LogP contribution in [0.4, 0.5) is 5.82 Å². The first-order valence-corrected chi connectivity index (χ1v) is 7.84. The summed E-state index contributed by atoms with van der Waals surface area (Å²) in [6, 6.07) is 1.77. The molecule has 0 aromatic carbocycles. The smallest absolute Gasteiger partial charge is 0.278 e. The number of oxazole rings is 1. The van der Waals surface area contributed by atoms with Crippen molar-refractivity contribution < 1.29 is 13.9 Å². The van der Waals surface area contributed by atoms with Gasteiger partial charge in [0.1, 0.15) is 12.1 Å². The van der Waals surface area contributed by atoms with Crippen LogP contribution in [0.2, 0.25) is 0 Å². The fraction of sp³-hybridized carbons (Fsp3) is 0.562. The number of carbonyl (C=O) groups is 1. The van der Waals surface area contributed by atoms with Gasteiger partial charge in [-0.15, -0.1) is 0 Å². The minimum Gasteiger partial charge on any atom is -0.448 e. The highest BCUT2D eigenvalue weighted by atomic mass is 16.5. The predicted octanol–water partition coefficient (Wildman–Crippen LogP) is 2.77. The lowest BCUT2D eigenvalue weighted by Crippen LogP contribution is -2.26. The van der Waals surface area contributed by atoms with Crippen molar-refractivity contribution in [1.29, 1.82) is 0 Å². The van der Waals surface area contributed by atoms with Gasteiger partial charge < -0.3 is 14.5 Å². The van der Waals surface area contributed by atoms with Gasteiger partial charge in [0.05, 0.1) is 11.7 Å². The van der Waals surface area contributed by atoms with E-state index in [4.69, 9.17) is 9.15 Å². The molecule has 0 spiro atoms. The summed E-state index contributed by atoms with van der Waals surface area (Å²) in [4.78, 5) is 16.7. The Hall–Kier alpha value is -2.15. The van der Waals surface area contributed by atoms with Crippen LogP contribution in [0.25, 0.3) is 0 Å². The van der Waals surface area contributed by atoms with Crippen molar-refractivity contribution in [2.75, 3.05) is 18.5 Å². The van der Waals surface area contributed by atoms with Gasteiger partial charge in [-0.3, -0.25) is 4.79 Å². The summed E-state index contributed by atoms with van der Waals surface area (Å²) in [5, 5.41) is 7.10. The quantitative estimate of drug-likeness (QED) is 0.941. The number of hydrogen-bond donors (Lipinski definition) is 1. The number of aromatic nitrogens is 3. The maximum atomic E-state index is 12.4. The average molecular weight is 318 g/mol.